The molecule has 10 heavy (non-hydrogen) atoms. The Morgan fingerprint density at radius 2 is 2.00 bits per heavy atom. The highest BCUT2D eigenvalue weighted by molar-refractivity contribution is 4.67. The Balaban J connectivity index is 3.28. The molecule has 0 heterocycles. The van der Waals surface area contributed by atoms with Crippen LogP contribution in [0.5, 0.6) is 0 Å². The van der Waals surface area contributed by atoms with Crippen molar-refractivity contribution >= 4 is 0 Å². The minimum absolute atomic E-state index is 0.148. The van der Waals surface area contributed by atoms with Gasteiger partial charge in [-0.25, -0.2) is 0 Å². The first-order valence-electron chi connectivity index (χ1n) is 3.90. The first kappa shape index (κ1) is 9.92. The molecule has 2 N–H and O–H groups in total. The molecule has 0 bridgehead atoms. The molecular formula is C8H19NO. The normalized spacial score (nSPS) is 12.0. The molecular weight excluding hydrogens is 126 g/mol. The minimum atomic E-state index is 0.148. The molecule has 0 atom stereocenters. The molecule has 0 aromatic heterocycles. The van der Waals surface area contributed by atoms with Crippen LogP contribution in [0.4, 0.5) is 0 Å². The van der Waals surface area contributed by atoms with Crippen molar-refractivity contribution in [2.24, 2.45) is 11.1 Å². The van der Waals surface area contributed by atoms with Crippen LogP contribution in [0.25, 0.3) is 0 Å². The van der Waals surface area contributed by atoms with Crippen molar-refractivity contribution in [2.75, 3.05) is 19.8 Å². The van der Waals surface area contributed by atoms with E-state index in [-0.39, 0.29) is 5.41 Å². The number of hydrogen-bond donors (Lipinski definition) is 1. The smallest absolute Gasteiger partial charge is 0.0529 e. The molecule has 0 aromatic rings. The van der Waals surface area contributed by atoms with Gasteiger partial charge in [-0.15, -0.1) is 0 Å². The van der Waals surface area contributed by atoms with Gasteiger partial charge in [-0.05, 0) is 13.0 Å². The van der Waals surface area contributed by atoms with Crippen LogP contribution < -0.4 is 5.73 Å². The molecule has 0 radical (unpaired) electrons. The molecule has 2 nitrogen and oxygen atoms in total. The Labute approximate surface area is 63.7 Å². The van der Waals surface area contributed by atoms with E-state index in [9.17, 15) is 0 Å². The van der Waals surface area contributed by atoms with Crippen LogP contribution in [-0.2, 0) is 4.74 Å². The van der Waals surface area contributed by atoms with E-state index >= 15 is 0 Å². The second-order valence-corrected chi connectivity index (χ2v) is 3.42. The highest BCUT2D eigenvalue weighted by atomic mass is 16.5. The summed E-state index contributed by atoms with van der Waals surface area (Å²) in [7, 11) is 0. The zero-order valence-corrected chi connectivity index (χ0v) is 7.31. The third kappa shape index (κ3) is 4.77. The predicted molar refractivity (Wildman–Crippen MR) is 43.9 cm³/mol. The predicted octanol–water partition coefficient (Wildman–Crippen LogP) is 1.40. The Kier molecular flexibility index (Phi) is 4.65. The van der Waals surface area contributed by atoms with Crippen LogP contribution in [0.3, 0.4) is 0 Å². The first-order valence-corrected chi connectivity index (χ1v) is 3.90. The SMILES string of the molecule is CCCOCC(C)(C)CN. The summed E-state index contributed by atoms with van der Waals surface area (Å²) >= 11 is 0. The van der Waals surface area contributed by atoms with Gasteiger partial charge in [0.05, 0.1) is 6.61 Å². The van der Waals surface area contributed by atoms with Gasteiger partial charge in [0.15, 0.2) is 0 Å². The topological polar surface area (TPSA) is 35.2 Å². The van der Waals surface area contributed by atoms with E-state index in [1.807, 2.05) is 0 Å². The van der Waals surface area contributed by atoms with Gasteiger partial charge in [0, 0.05) is 12.0 Å². The molecule has 0 aromatic carbocycles. The van der Waals surface area contributed by atoms with Gasteiger partial charge in [0.1, 0.15) is 0 Å². The van der Waals surface area contributed by atoms with Crippen LogP contribution in [0.1, 0.15) is 27.2 Å². The standard InChI is InChI=1S/C8H19NO/c1-4-5-10-7-8(2,3)6-9/h4-7,9H2,1-3H3. The monoisotopic (exact) mass is 145 g/mol. The molecule has 0 unspecified atom stereocenters. The summed E-state index contributed by atoms with van der Waals surface area (Å²) in [6, 6.07) is 0. The van der Waals surface area contributed by atoms with Crippen LogP contribution in [0.2, 0.25) is 0 Å². The largest absolute Gasteiger partial charge is 0.381 e. The van der Waals surface area contributed by atoms with Gasteiger partial charge in [-0.2, -0.15) is 0 Å². The highest BCUT2D eigenvalue weighted by Gasteiger charge is 2.14. The summed E-state index contributed by atoms with van der Waals surface area (Å²) in [6.45, 7) is 8.65. The fraction of sp³-hybridized carbons (Fsp3) is 1.00. The number of hydrogen-bond acceptors (Lipinski definition) is 2. The lowest BCUT2D eigenvalue weighted by molar-refractivity contribution is 0.0669. The summed E-state index contributed by atoms with van der Waals surface area (Å²) < 4.78 is 5.36. The molecule has 0 spiro atoms. The number of ether oxygens (including phenoxy) is 1. The maximum Gasteiger partial charge on any atom is 0.0529 e. The highest BCUT2D eigenvalue weighted by Crippen LogP contribution is 2.12. The van der Waals surface area contributed by atoms with E-state index < -0.39 is 0 Å². The maximum atomic E-state index is 5.51. The molecule has 62 valence electrons. The maximum absolute atomic E-state index is 5.51. The Bertz CT molecular complexity index is 81.3. The minimum Gasteiger partial charge on any atom is -0.381 e. The van der Waals surface area contributed by atoms with Gasteiger partial charge >= 0.3 is 0 Å². The van der Waals surface area contributed by atoms with Gasteiger partial charge in [0.2, 0.25) is 0 Å². The average molecular weight is 145 g/mol. The quantitative estimate of drug-likeness (QED) is 0.593. The van der Waals surface area contributed by atoms with Crippen molar-refractivity contribution in [3.05, 3.63) is 0 Å². The lowest BCUT2D eigenvalue weighted by Crippen LogP contribution is -2.28. The van der Waals surface area contributed by atoms with E-state index in [1.54, 1.807) is 0 Å². The Morgan fingerprint density at radius 1 is 1.40 bits per heavy atom. The molecule has 0 aliphatic carbocycles. The summed E-state index contributed by atoms with van der Waals surface area (Å²) in [5, 5.41) is 0. The zero-order valence-electron chi connectivity index (χ0n) is 7.31. The van der Waals surface area contributed by atoms with Crippen molar-refractivity contribution < 1.29 is 4.74 Å². The average Bonchev–Trinajstić information content (AvgIpc) is 1.89. The van der Waals surface area contributed by atoms with E-state index in [0.29, 0.717) is 6.54 Å². The third-order valence-electron chi connectivity index (χ3n) is 1.39. The zero-order chi connectivity index (χ0) is 8.04. The van der Waals surface area contributed by atoms with Crippen molar-refractivity contribution in [3.63, 3.8) is 0 Å². The molecule has 0 saturated heterocycles. The Morgan fingerprint density at radius 3 is 2.40 bits per heavy atom. The van der Waals surface area contributed by atoms with Crippen LogP contribution >= 0.6 is 0 Å². The van der Waals surface area contributed by atoms with Crippen molar-refractivity contribution in [1.29, 1.82) is 0 Å². The lowest BCUT2D eigenvalue weighted by atomic mass is 9.95. The van der Waals surface area contributed by atoms with Crippen LogP contribution in [-0.4, -0.2) is 19.8 Å². The summed E-state index contributed by atoms with van der Waals surface area (Å²) in [5.74, 6) is 0. The number of rotatable bonds is 5. The van der Waals surface area contributed by atoms with Gasteiger partial charge < -0.3 is 10.5 Å². The summed E-state index contributed by atoms with van der Waals surface area (Å²) in [6.07, 6.45) is 1.08. The second kappa shape index (κ2) is 4.69. The molecule has 0 aliphatic rings. The lowest BCUT2D eigenvalue weighted by Gasteiger charge is -2.21. The molecule has 0 fully saturated rings. The van der Waals surface area contributed by atoms with Crippen LogP contribution in [0, 0.1) is 5.41 Å². The van der Waals surface area contributed by atoms with Crippen molar-refractivity contribution in [1.82, 2.24) is 0 Å². The fourth-order valence-corrected chi connectivity index (χ4v) is 0.552. The fourth-order valence-electron chi connectivity index (χ4n) is 0.552. The van der Waals surface area contributed by atoms with Gasteiger partial charge in [-0.3, -0.25) is 0 Å². The molecule has 0 rings (SSSR count). The van der Waals surface area contributed by atoms with E-state index in [4.69, 9.17) is 10.5 Å². The number of nitrogens with two attached hydrogens (primary N) is 1. The molecule has 0 amide bonds. The summed E-state index contributed by atoms with van der Waals surface area (Å²) in [4.78, 5) is 0. The third-order valence-corrected chi connectivity index (χ3v) is 1.39. The van der Waals surface area contributed by atoms with E-state index in [0.717, 1.165) is 19.6 Å². The van der Waals surface area contributed by atoms with Gasteiger partial charge in [0.25, 0.3) is 0 Å². The van der Waals surface area contributed by atoms with Crippen molar-refractivity contribution in [2.45, 2.75) is 27.2 Å². The van der Waals surface area contributed by atoms with Gasteiger partial charge in [-0.1, -0.05) is 20.8 Å². The van der Waals surface area contributed by atoms with Crippen molar-refractivity contribution in [3.8, 4) is 0 Å². The second-order valence-electron chi connectivity index (χ2n) is 3.42. The van der Waals surface area contributed by atoms with Crippen LogP contribution in [0.15, 0.2) is 0 Å². The molecule has 0 saturated carbocycles. The first-order chi connectivity index (χ1) is 4.62. The van der Waals surface area contributed by atoms with E-state index in [1.165, 1.54) is 0 Å². The Hall–Kier alpha value is -0.0800. The van der Waals surface area contributed by atoms with E-state index in [2.05, 4.69) is 20.8 Å². The molecule has 2 heteroatoms. The summed E-state index contributed by atoms with van der Waals surface area (Å²) in [5.41, 5.74) is 5.66. The molecule has 0 aliphatic heterocycles.